The molecule has 0 unspecified atom stereocenters. The average Bonchev–Trinajstić information content (AvgIpc) is 2.03. The molecule has 0 rings (SSSR count). The van der Waals surface area contributed by atoms with Gasteiger partial charge in [-0.3, -0.25) is 0 Å². The molecule has 1 radical (unpaired) electrons. The predicted octanol–water partition coefficient (Wildman–Crippen LogP) is 2.39. The second-order valence-electron chi connectivity index (χ2n) is 2.58. The molecule has 2 nitrogen and oxygen atoms in total. The van der Waals surface area contributed by atoms with Crippen LogP contribution in [-0.2, 0) is 9.47 Å². The summed E-state index contributed by atoms with van der Waals surface area (Å²) in [5.41, 5.74) is 0. The Labute approximate surface area is 69.9 Å². The predicted molar refractivity (Wildman–Crippen MR) is 46.3 cm³/mol. The Hall–Kier alpha value is -0.0800. The van der Waals surface area contributed by atoms with Crippen LogP contribution in [0.4, 0.5) is 0 Å². The van der Waals surface area contributed by atoms with Crippen LogP contribution >= 0.6 is 0 Å². The molecule has 0 N–H and O–H groups in total. The summed E-state index contributed by atoms with van der Waals surface area (Å²) >= 11 is 0. The van der Waals surface area contributed by atoms with E-state index in [-0.39, 0.29) is 0 Å². The zero-order valence-corrected chi connectivity index (χ0v) is 7.47. The highest BCUT2D eigenvalue weighted by atomic mass is 16.5. The summed E-state index contributed by atoms with van der Waals surface area (Å²) in [6.07, 6.45) is 4.66. The van der Waals surface area contributed by atoms with Gasteiger partial charge in [0.25, 0.3) is 0 Å². The van der Waals surface area contributed by atoms with Gasteiger partial charge in [-0.25, -0.2) is 0 Å². The monoisotopic (exact) mass is 159 g/mol. The lowest BCUT2D eigenvalue weighted by Crippen LogP contribution is -1.99. The summed E-state index contributed by atoms with van der Waals surface area (Å²) < 4.78 is 9.97. The number of unbranched alkanes of at least 4 members (excludes halogenated alkanes) is 2. The zero-order chi connectivity index (χ0) is 8.36. The zero-order valence-electron chi connectivity index (χ0n) is 7.47. The fourth-order valence-corrected chi connectivity index (χ4v) is 0.819. The molecule has 0 fully saturated rings. The van der Waals surface area contributed by atoms with E-state index < -0.39 is 0 Å². The van der Waals surface area contributed by atoms with Crippen LogP contribution in [0.3, 0.4) is 0 Å². The van der Waals surface area contributed by atoms with Gasteiger partial charge in [0.1, 0.15) is 0 Å². The largest absolute Gasteiger partial charge is 0.381 e. The Bertz CT molecular complexity index is 56.6. The smallest absolute Gasteiger partial charge is 0.0700 e. The highest BCUT2D eigenvalue weighted by Gasteiger charge is 1.88. The molecule has 0 saturated carbocycles. The van der Waals surface area contributed by atoms with Gasteiger partial charge >= 0.3 is 0 Å². The van der Waals surface area contributed by atoms with E-state index in [9.17, 15) is 0 Å². The third-order valence-electron chi connectivity index (χ3n) is 1.47. The van der Waals surface area contributed by atoms with E-state index >= 15 is 0 Å². The van der Waals surface area contributed by atoms with Crippen LogP contribution in [0.5, 0.6) is 0 Å². The van der Waals surface area contributed by atoms with Crippen LogP contribution in [0.15, 0.2) is 0 Å². The maximum absolute atomic E-state index is 5.33. The van der Waals surface area contributed by atoms with Crippen molar-refractivity contribution in [1.82, 2.24) is 0 Å². The molecule has 0 heterocycles. The summed E-state index contributed by atoms with van der Waals surface area (Å²) in [6.45, 7) is 4.59. The van der Waals surface area contributed by atoms with Crippen LogP contribution in [-0.4, -0.2) is 19.8 Å². The number of hydrogen-bond donors (Lipinski definition) is 0. The summed E-state index contributed by atoms with van der Waals surface area (Å²) in [4.78, 5) is 0. The first-order valence-electron chi connectivity index (χ1n) is 4.36. The lowest BCUT2D eigenvalue weighted by molar-refractivity contribution is 0.108. The van der Waals surface area contributed by atoms with Gasteiger partial charge < -0.3 is 9.47 Å². The van der Waals surface area contributed by atoms with Crippen LogP contribution in [0.1, 0.15) is 32.6 Å². The minimum absolute atomic E-state index is 0.702. The molecule has 0 spiro atoms. The first-order valence-corrected chi connectivity index (χ1v) is 4.36. The maximum Gasteiger partial charge on any atom is 0.0700 e. The molecule has 0 aromatic carbocycles. The third kappa shape index (κ3) is 9.92. The molecular formula is C9H19O2. The molecule has 67 valence electrons. The Kier molecular flexibility index (Phi) is 9.85. The van der Waals surface area contributed by atoms with Crippen molar-refractivity contribution in [3.8, 4) is 0 Å². The summed E-state index contributed by atoms with van der Waals surface area (Å²) in [7, 11) is 3.28. The molecule has 0 saturated heterocycles. The van der Waals surface area contributed by atoms with Gasteiger partial charge in [0.05, 0.1) is 7.11 Å². The van der Waals surface area contributed by atoms with Crippen molar-refractivity contribution in [1.29, 1.82) is 0 Å². The van der Waals surface area contributed by atoms with Crippen molar-refractivity contribution < 1.29 is 9.47 Å². The molecule has 0 aromatic rings. The average molecular weight is 159 g/mol. The van der Waals surface area contributed by atoms with E-state index in [1.54, 1.807) is 0 Å². The Morgan fingerprint density at radius 1 is 1.00 bits per heavy atom. The Morgan fingerprint density at radius 2 is 1.73 bits per heavy atom. The molecule has 0 aliphatic rings. The number of hydrogen-bond acceptors (Lipinski definition) is 2. The third-order valence-corrected chi connectivity index (χ3v) is 1.47. The second-order valence-corrected chi connectivity index (χ2v) is 2.58. The summed E-state index contributed by atoms with van der Waals surface area (Å²) in [5, 5.41) is 0. The standard InChI is InChI=1S/C9H19O2/c1-3-4-5-8-11-9-6-7-10-2/h2-9H2,1H3. The van der Waals surface area contributed by atoms with Gasteiger partial charge in [0.15, 0.2) is 0 Å². The van der Waals surface area contributed by atoms with Gasteiger partial charge in [-0.2, -0.15) is 0 Å². The molecule has 0 aliphatic carbocycles. The van der Waals surface area contributed by atoms with Crippen molar-refractivity contribution in [2.75, 3.05) is 19.8 Å². The molecule has 0 aliphatic heterocycles. The van der Waals surface area contributed by atoms with Crippen LogP contribution in [0.25, 0.3) is 0 Å². The molecule has 0 amide bonds. The molecule has 0 bridgehead atoms. The van der Waals surface area contributed by atoms with E-state index in [1.165, 1.54) is 19.3 Å². The Balaban J connectivity index is 2.69. The number of rotatable bonds is 8. The molecule has 0 atom stereocenters. The topological polar surface area (TPSA) is 18.5 Å². The fraction of sp³-hybridized carbons (Fsp3) is 0.889. The summed E-state index contributed by atoms with van der Waals surface area (Å²) in [5.74, 6) is 0. The van der Waals surface area contributed by atoms with E-state index in [0.29, 0.717) is 6.61 Å². The van der Waals surface area contributed by atoms with E-state index in [0.717, 1.165) is 19.6 Å². The second kappa shape index (κ2) is 9.92. The molecular weight excluding hydrogens is 140 g/mol. The normalized spacial score (nSPS) is 10.4. The highest BCUT2D eigenvalue weighted by Crippen LogP contribution is 1.94. The lowest BCUT2D eigenvalue weighted by Gasteiger charge is -2.02. The van der Waals surface area contributed by atoms with E-state index in [4.69, 9.17) is 4.74 Å². The quantitative estimate of drug-likeness (QED) is 0.506. The molecule has 2 heteroatoms. The van der Waals surface area contributed by atoms with E-state index in [1.807, 2.05) is 0 Å². The van der Waals surface area contributed by atoms with Gasteiger partial charge in [-0.05, 0) is 12.8 Å². The first-order chi connectivity index (χ1) is 5.41. The van der Waals surface area contributed by atoms with Crippen LogP contribution < -0.4 is 0 Å². The van der Waals surface area contributed by atoms with Crippen molar-refractivity contribution in [3.05, 3.63) is 7.11 Å². The van der Waals surface area contributed by atoms with Crippen LogP contribution in [0, 0.1) is 7.11 Å². The minimum atomic E-state index is 0.702. The molecule has 0 aromatic heterocycles. The lowest BCUT2D eigenvalue weighted by atomic mass is 10.3. The SMILES string of the molecule is [CH2]OCCCOCCCCC. The fourth-order valence-electron chi connectivity index (χ4n) is 0.819. The van der Waals surface area contributed by atoms with Crippen molar-refractivity contribution in [2.24, 2.45) is 0 Å². The van der Waals surface area contributed by atoms with Crippen molar-refractivity contribution in [2.45, 2.75) is 32.6 Å². The van der Waals surface area contributed by atoms with Crippen LogP contribution in [0.2, 0.25) is 0 Å². The maximum atomic E-state index is 5.33. The van der Waals surface area contributed by atoms with Gasteiger partial charge in [0, 0.05) is 19.8 Å². The highest BCUT2D eigenvalue weighted by molar-refractivity contribution is 4.37. The molecule has 11 heavy (non-hydrogen) atoms. The van der Waals surface area contributed by atoms with Crippen molar-refractivity contribution >= 4 is 0 Å². The minimum Gasteiger partial charge on any atom is -0.381 e. The first kappa shape index (κ1) is 10.9. The summed E-state index contributed by atoms with van der Waals surface area (Å²) in [6, 6.07) is 0. The van der Waals surface area contributed by atoms with Gasteiger partial charge in [-0.1, -0.05) is 19.8 Å². The Morgan fingerprint density at radius 3 is 2.36 bits per heavy atom. The number of ether oxygens (including phenoxy) is 2. The van der Waals surface area contributed by atoms with E-state index in [2.05, 4.69) is 18.8 Å². The van der Waals surface area contributed by atoms with Gasteiger partial charge in [-0.15, -0.1) is 0 Å². The van der Waals surface area contributed by atoms with Crippen molar-refractivity contribution in [3.63, 3.8) is 0 Å². The van der Waals surface area contributed by atoms with Gasteiger partial charge in [0.2, 0.25) is 0 Å².